The van der Waals surface area contributed by atoms with Gasteiger partial charge in [-0.1, -0.05) is 12.1 Å². The number of amides is 1. The van der Waals surface area contributed by atoms with Crippen LogP contribution < -0.4 is 15.5 Å². The van der Waals surface area contributed by atoms with E-state index < -0.39 is 6.43 Å². The minimum absolute atomic E-state index is 0.00564. The average Bonchev–Trinajstić information content (AvgIpc) is 3.29. The van der Waals surface area contributed by atoms with Gasteiger partial charge in [-0.15, -0.1) is 0 Å². The molecule has 1 aliphatic heterocycles. The van der Waals surface area contributed by atoms with Crippen LogP contribution in [0, 0.1) is 0 Å². The molecule has 0 radical (unpaired) electrons. The van der Waals surface area contributed by atoms with Gasteiger partial charge in [0.2, 0.25) is 11.9 Å². The second kappa shape index (κ2) is 11.6. The molecular weight excluding hydrogens is 494 g/mol. The van der Waals surface area contributed by atoms with Crippen LogP contribution in [0.2, 0.25) is 0 Å². The number of benzene rings is 1. The lowest BCUT2D eigenvalue weighted by Crippen LogP contribution is -2.44. The summed E-state index contributed by atoms with van der Waals surface area (Å²) in [5.74, 6) is 0.994. The average molecular weight is 529 g/mol. The number of aromatic nitrogens is 4. The van der Waals surface area contributed by atoms with Crippen LogP contribution in [-0.4, -0.2) is 89.4 Å². The summed E-state index contributed by atoms with van der Waals surface area (Å²) in [5.41, 5.74) is 1.04. The number of hydrogen-bond acceptors (Lipinski definition) is 8. The highest BCUT2D eigenvalue weighted by molar-refractivity contribution is 5.79. The molecule has 1 saturated heterocycles. The van der Waals surface area contributed by atoms with E-state index in [9.17, 15) is 13.6 Å². The number of ether oxygens (including phenoxy) is 1. The Morgan fingerprint density at radius 1 is 1.13 bits per heavy atom. The third kappa shape index (κ3) is 6.02. The van der Waals surface area contributed by atoms with Crippen LogP contribution in [0.5, 0.6) is 0 Å². The second-order valence-corrected chi connectivity index (χ2v) is 10.1. The number of alkyl halides is 2. The van der Waals surface area contributed by atoms with Crippen molar-refractivity contribution in [2.45, 2.75) is 44.2 Å². The minimum Gasteiger partial charge on any atom is -0.378 e. The number of nitrogens with one attached hydrogen (secondary N) is 2. The van der Waals surface area contributed by atoms with Crippen LogP contribution >= 0.6 is 0 Å². The Balaban J connectivity index is 1.46. The number of rotatable bonds is 8. The summed E-state index contributed by atoms with van der Waals surface area (Å²) >= 11 is 0. The largest absolute Gasteiger partial charge is 0.378 e. The van der Waals surface area contributed by atoms with Crippen LogP contribution in [0.15, 0.2) is 30.3 Å². The van der Waals surface area contributed by atoms with E-state index in [4.69, 9.17) is 14.7 Å². The topological polar surface area (TPSA) is 100 Å². The van der Waals surface area contributed by atoms with Crippen LogP contribution in [-0.2, 0) is 9.53 Å². The summed E-state index contributed by atoms with van der Waals surface area (Å²) in [5, 5.41) is 6.64. The van der Waals surface area contributed by atoms with Gasteiger partial charge in [0.05, 0.1) is 30.8 Å². The first-order valence-corrected chi connectivity index (χ1v) is 13.1. The van der Waals surface area contributed by atoms with Crippen molar-refractivity contribution in [3.63, 3.8) is 0 Å². The molecule has 10 nitrogen and oxygen atoms in total. The van der Waals surface area contributed by atoms with Crippen LogP contribution in [0.1, 0.15) is 37.9 Å². The molecule has 3 heterocycles. The van der Waals surface area contributed by atoms with Gasteiger partial charge in [-0.05, 0) is 51.9 Å². The molecule has 2 N–H and O–H groups in total. The summed E-state index contributed by atoms with van der Waals surface area (Å²) in [4.78, 5) is 29.8. The Hall–Kier alpha value is -3.38. The number of likely N-dealkylation sites (N-methyl/N-ethyl adjacent to an activating group) is 1. The predicted octanol–water partition coefficient (Wildman–Crippen LogP) is 2.99. The molecule has 0 spiro atoms. The van der Waals surface area contributed by atoms with Gasteiger partial charge < -0.3 is 25.2 Å². The summed E-state index contributed by atoms with van der Waals surface area (Å²) in [6.07, 6.45) is 0.778. The van der Waals surface area contributed by atoms with Gasteiger partial charge in [-0.25, -0.2) is 13.8 Å². The molecule has 204 valence electrons. The Bertz CT molecular complexity index is 1260. The molecule has 0 unspecified atom stereocenters. The lowest BCUT2D eigenvalue weighted by atomic mass is 9.91. The van der Waals surface area contributed by atoms with Gasteiger partial charge in [0.15, 0.2) is 5.82 Å². The normalized spacial score (nSPS) is 20.3. The number of carbonyl (C=O) groups is 1. The number of hydrogen-bond donors (Lipinski definition) is 2. The van der Waals surface area contributed by atoms with E-state index in [0.29, 0.717) is 61.5 Å². The first kappa shape index (κ1) is 26.2. The molecule has 1 aliphatic carbocycles. The van der Waals surface area contributed by atoms with Gasteiger partial charge in [0, 0.05) is 31.2 Å². The van der Waals surface area contributed by atoms with Gasteiger partial charge in [0.1, 0.15) is 11.6 Å². The van der Waals surface area contributed by atoms with Crippen molar-refractivity contribution >= 4 is 28.7 Å². The van der Waals surface area contributed by atoms with Crippen molar-refractivity contribution in [2.75, 3.05) is 57.2 Å². The van der Waals surface area contributed by atoms with E-state index in [1.54, 1.807) is 30.3 Å². The zero-order valence-electron chi connectivity index (χ0n) is 21.7. The van der Waals surface area contributed by atoms with Crippen molar-refractivity contribution in [1.29, 1.82) is 0 Å². The van der Waals surface area contributed by atoms with E-state index in [2.05, 4.69) is 15.6 Å². The smallest absolute Gasteiger partial charge is 0.296 e. The summed E-state index contributed by atoms with van der Waals surface area (Å²) in [6, 6.07) is 8.90. The zero-order chi connectivity index (χ0) is 26.6. The fourth-order valence-corrected chi connectivity index (χ4v) is 5.17. The predicted molar refractivity (Wildman–Crippen MR) is 141 cm³/mol. The molecule has 3 aromatic rings. The molecule has 2 aromatic heterocycles. The van der Waals surface area contributed by atoms with Gasteiger partial charge in [-0.2, -0.15) is 9.97 Å². The number of nitrogens with zero attached hydrogens (tertiary/aromatic N) is 6. The van der Waals surface area contributed by atoms with E-state index in [0.717, 1.165) is 25.7 Å². The molecule has 2 aliphatic rings. The highest BCUT2D eigenvalue weighted by atomic mass is 19.3. The van der Waals surface area contributed by atoms with Gasteiger partial charge in [-0.3, -0.25) is 9.36 Å². The molecule has 0 bridgehead atoms. The summed E-state index contributed by atoms with van der Waals surface area (Å²) < 4.78 is 35.1. The minimum atomic E-state index is -2.77. The van der Waals surface area contributed by atoms with Crippen molar-refractivity contribution in [3.05, 3.63) is 36.2 Å². The van der Waals surface area contributed by atoms with Crippen LogP contribution in [0.3, 0.4) is 0 Å². The number of halogens is 2. The van der Waals surface area contributed by atoms with Crippen molar-refractivity contribution in [2.24, 2.45) is 0 Å². The van der Waals surface area contributed by atoms with Gasteiger partial charge in [0.25, 0.3) is 6.43 Å². The number of carbonyl (C=O) groups excluding carboxylic acids is 1. The molecule has 5 rings (SSSR count). The van der Waals surface area contributed by atoms with Crippen molar-refractivity contribution in [3.8, 4) is 5.82 Å². The van der Waals surface area contributed by atoms with E-state index in [1.165, 1.54) is 4.57 Å². The first-order chi connectivity index (χ1) is 18.4. The number of imidazole rings is 1. The standard InChI is InChI=1S/C26H34F2N8O2/c1-34(2)16-23(37)30-18-7-5-6-17(14-18)29-21-15-22(33-26(32-21)35-10-12-38-13-11-35)36-20-9-4-3-8-19(20)31-25(36)24(27)28/h3-4,8-9,15,17-18,24H,5-7,10-14,16H2,1-2H3,(H,30,37)(H,29,32,33)/t17-,18-/m0/s1. The SMILES string of the molecule is CN(C)CC(=O)N[C@H]1CCC[C@H](Nc2cc(-n3c(C(F)F)nc4ccccc43)nc(N3CCOCC3)n2)C1. The summed E-state index contributed by atoms with van der Waals surface area (Å²) in [7, 11) is 3.74. The quantitative estimate of drug-likeness (QED) is 0.460. The second-order valence-electron chi connectivity index (χ2n) is 10.1. The van der Waals surface area contributed by atoms with Crippen LogP contribution in [0.4, 0.5) is 20.5 Å². The third-order valence-corrected chi connectivity index (χ3v) is 6.86. The lowest BCUT2D eigenvalue weighted by Gasteiger charge is -2.32. The van der Waals surface area contributed by atoms with Crippen molar-refractivity contribution < 1.29 is 18.3 Å². The number of anilines is 2. The molecule has 38 heavy (non-hydrogen) atoms. The maximum atomic E-state index is 14.1. The molecule has 2 fully saturated rings. The fourth-order valence-electron chi connectivity index (χ4n) is 5.17. The van der Waals surface area contributed by atoms with E-state index in [-0.39, 0.29) is 23.8 Å². The number of fused-ring (bicyclic) bond motifs is 1. The highest BCUT2D eigenvalue weighted by Gasteiger charge is 2.26. The third-order valence-electron chi connectivity index (χ3n) is 6.86. The molecule has 1 amide bonds. The maximum absolute atomic E-state index is 14.1. The molecule has 1 aromatic carbocycles. The molecule has 1 saturated carbocycles. The molecule has 2 atom stereocenters. The zero-order valence-corrected chi connectivity index (χ0v) is 21.7. The number of morpholine rings is 1. The lowest BCUT2D eigenvalue weighted by molar-refractivity contribution is -0.122. The van der Waals surface area contributed by atoms with Crippen LogP contribution in [0.25, 0.3) is 16.9 Å². The summed E-state index contributed by atoms with van der Waals surface area (Å²) in [6.45, 7) is 2.66. The Labute approximate surface area is 220 Å². The molecular formula is C26H34F2N8O2. The molecule has 12 heteroatoms. The highest BCUT2D eigenvalue weighted by Crippen LogP contribution is 2.30. The van der Waals surface area contributed by atoms with E-state index >= 15 is 0 Å². The van der Waals surface area contributed by atoms with Gasteiger partial charge >= 0.3 is 0 Å². The Morgan fingerprint density at radius 2 is 1.89 bits per heavy atom. The number of para-hydroxylation sites is 2. The first-order valence-electron chi connectivity index (χ1n) is 13.1. The monoisotopic (exact) mass is 528 g/mol. The van der Waals surface area contributed by atoms with E-state index in [1.807, 2.05) is 23.9 Å². The fraction of sp³-hybridized carbons (Fsp3) is 0.538. The Kier molecular flexibility index (Phi) is 7.98. The van der Waals surface area contributed by atoms with Crippen molar-refractivity contribution in [1.82, 2.24) is 29.7 Å². The Morgan fingerprint density at radius 3 is 2.66 bits per heavy atom. The maximum Gasteiger partial charge on any atom is 0.296 e.